The van der Waals surface area contributed by atoms with E-state index < -0.39 is 0 Å². The van der Waals surface area contributed by atoms with E-state index in [1.54, 1.807) is 36.4 Å². The fraction of sp³-hybridized carbons (Fsp3) is 0.429. The minimum absolute atomic E-state index is 0.0199. The van der Waals surface area contributed by atoms with Gasteiger partial charge in [-0.15, -0.1) is 0 Å². The molecule has 0 atom stereocenters. The van der Waals surface area contributed by atoms with Crippen molar-refractivity contribution in [2.24, 2.45) is 0 Å². The summed E-state index contributed by atoms with van der Waals surface area (Å²) < 4.78 is 0. The first-order valence-corrected chi connectivity index (χ1v) is 18.7. The maximum Gasteiger partial charge on any atom is 0.269 e. The van der Waals surface area contributed by atoms with Crippen molar-refractivity contribution >= 4 is 17.1 Å². The lowest BCUT2D eigenvalue weighted by atomic mass is 9.75. The fourth-order valence-corrected chi connectivity index (χ4v) is 7.15. The van der Waals surface area contributed by atoms with Crippen molar-refractivity contribution in [1.82, 2.24) is 0 Å². The molecule has 51 heavy (non-hydrogen) atoms. The summed E-state index contributed by atoms with van der Waals surface area (Å²) in [6.07, 6.45) is 15.0. The van der Waals surface area contributed by atoms with Crippen molar-refractivity contribution in [2.75, 3.05) is 0 Å². The number of unbranched alkanes of at least 4 members (excludes halogenated alkanes) is 9. The molecule has 4 rings (SSSR count). The van der Waals surface area contributed by atoms with Gasteiger partial charge in [0.2, 0.25) is 0 Å². The van der Waals surface area contributed by atoms with Crippen molar-refractivity contribution in [3.05, 3.63) is 120 Å². The molecule has 0 saturated heterocycles. The molecule has 0 aromatic heterocycles. The summed E-state index contributed by atoms with van der Waals surface area (Å²) in [6, 6.07) is 20.4. The zero-order valence-corrected chi connectivity index (χ0v) is 30.3. The van der Waals surface area contributed by atoms with Gasteiger partial charge in [0.05, 0.1) is 14.8 Å². The molecule has 0 unspecified atom stereocenters. The van der Waals surface area contributed by atoms with Crippen LogP contribution in [0.25, 0.3) is 33.4 Å². The fourth-order valence-electron chi connectivity index (χ4n) is 7.15. The Bertz CT molecular complexity index is 1540. The van der Waals surface area contributed by atoms with E-state index in [4.69, 9.17) is 0 Å². The summed E-state index contributed by atoms with van der Waals surface area (Å²) in [4.78, 5) is 34.0. The lowest BCUT2D eigenvalue weighted by Crippen LogP contribution is -2.09. The molecule has 0 saturated carbocycles. The summed E-state index contributed by atoms with van der Waals surface area (Å²) in [6.45, 7) is 6.56. The van der Waals surface area contributed by atoms with Crippen LogP contribution in [0.5, 0.6) is 0 Å². The Hall–Kier alpha value is -4.92. The second-order valence-corrected chi connectivity index (χ2v) is 13.4. The van der Waals surface area contributed by atoms with Gasteiger partial charge in [0.15, 0.2) is 0 Å². The molecular formula is C42H51N3O6. The summed E-state index contributed by atoms with van der Waals surface area (Å²) in [5.74, 6) is 0. The molecular weight excluding hydrogens is 642 g/mol. The van der Waals surface area contributed by atoms with E-state index in [0.29, 0.717) is 0 Å². The second-order valence-electron chi connectivity index (χ2n) is 13.4. The first-order valence-electron chi connectivity index (χ1n) is 18.7. The van der Waals surface area contributed by atoms with Gasteiger partial charge in [-0.25, -0.2) is 0 Å². The van der Waals surface area contributed by atoms with Crippen LogP contribution in [0, 0.1) is 30.3 Å². The molecule has 9 heteroatoms. The largest absolute Gasteiger partial charge is 0.269 e. The minimum atomic E-state index is -0.384. The zero-order chi connectivity index (χ0) is 36.8. The summed E-state index contributed by atoms with van der Waals surface area (Å²) in [5, 5.41) is 35.2. The molecule has 0 aliphatic carbocycles. The average molecular weight is 694 g/mol. The molecule has 0 aliphatic rings. The molecule has 9 nitrogen and oxygen atoms in total. The highest BCUT2D eigenvalue weighted by Gasteiger charge is 2.27. The number of nitro benzene ring substituents is 3. The predicted molar refractivity (Wildman–Crippen MR) is 206 cm³/mol. The van der Waals surface area contributed by atoms with Gasteiger partial charge in [-0.1, -0.05) is 78.6 Å². The number of benzene rings is 4. The second kappa shape index (κ2) is 19.5. The smallest absolute Gasteiger partial charge is 0.258 e. The number of rotatable bonds is 21. The lowest BCUT2D eigenvalue weighted by molar-refractivity contribution is -0.385. The van der Waals surface area contributed by atoms with Crippen LogP contribution in [0.4, 0.5) is 17.1 Å². The van der Waals surface area contributed by atoms with Crippen molar-refractivity contribution in [3.63, 3.8) is 0 Å². The van der Waals surface area contributed by atoms with Gasteiger partial charge < -0.3 is 0 Å². The molecule has 4 aromatic carbocycles. The first-order chi connectivity index (χ1) is 24.7. The topological polar surface area (TPSA) is 129 Å². The average Bonchev–Trinajstić information content (AvgIpc) is 3.13. The van der Waals surface area contributed by atoms with E-state index in [1.165, 1.54) is 0 Å². The third kappa shape index (κ3) is 10.1. The van der Waals surface area contributed by atoms with E-state index in [9.17, 15) is 30.3 Å². The Labute approximate surface area is 301 Å². The van der Waals surface area contributed by atoms with Gasteiger partial charge in [0, 0.05) is 36.4 Å². The van der Waals surface area contributed by atoms with Gasteiger partial charge in [-0.05, 0) is 125 Å². The number of non-ortho nitro benzene ring substituents is 3. The molecule has 0 radical (unpaired) electrons. The SMILES string of the molecule is CCCCCCc1c(-c2ccc([N+](=O)[O-])cc2)c(CCCCCC)c(-c2ccc([N+](=O)[O-])cc2)c(CCCCCC)c1-c1ccc([N+](=O)[O-])cc1. The third-order valence-electron chi connectivity index (χ3n) is 9.75. The lowest BCUT2D eigenvalue weighted by Gasteiger charge is -2.28. The Morgan fingerprint density at radius 3 is 0.804 bits per heavy atom. The summed E-state index contributed by atoms with van der Waals surface area (Å²) >= 11 is 0. The highest BCUT2D eigenvalue weighted by molar-refractivity contribution is 5.92. The van der Waals surface area contributed by atoms with Crippen molar-refractivity contribution in [3.8, 4) is 33.4 Å². The molecule has 270 valence electrons. The van der Waals surface area contributed by atoms with Crippen LogP contribution >= 0.6 is 0 Å². The Morgan fingerprint density at radius 1 is 0.373 bits per heavy atom. The van der Waals surface area contributed by atoms with Crippen LogP contribution in [0.15, 0.2) is 72.8 Å². The van der Waals surface area contributed by atoms with Gasteiger partial charge in [0.25, 0.3) is 17.1 Å². The Kier molecular flexibility index (Phi) is 14.8. The van der Waals surface area contributed by atoms with Crippen LogP contribution < -0.4 is 0 Å². The molecule has 0 fully saturated rings. The van der Waals surface area contributed by atoms with E-state index >= 15 is 0 Å². The van der Waals surface area contributed by atoms with Crippen molar-refractivity contribution in [2.45, 2.75) is 117 Å². The standard InChI is InChI=1S/C42H51N3O6/c1-4-7-10-13-16-37-40(31-19-25-34(26-20-31)43(46)47)38(17-14-11-8-5-2)42(33-23-29-36(30-24-33)45(50)51)39(18-15-12-9-6-3)41(37)32-21-27-35(28-22-32)44(48)49/h19-30H,4-18H2,1-3H3. The number of hydrogen-bond donors (Lipinski definition) is 0. The maximum absolute atomic E-state index is 11.7. The number of nitro groups is 3. The van der Waals surface area contributed by atoms with E-state index in [0.717, 1.165) is 146 Å². The molecule has 0 bridgehead atoms. The molecule has 0 spiro atoms. The van der Waals surface area contributed by atoms with E-state index in [2.05, 4.69) is 20.8 Å². The quantitative estimate of drug-likeness (QED) is 0.0485. The highest BCUT2D eigenvalue weighted by Crippen LogP contribution is 2.47. The van der Waals surface area contributed by atoms with Gasteiger partial charge in [-0.2, -0.15) is 0 Å². The molecule has 0 heterocycles. The molecule has 0 amide bonds. The van der Waals surface area contributed by atoms with Crippen molar-refractivity contribution in [1.29, 1.82) is 0 Å². The van der Waals surface area contributed by atoms with E-state index in [1.807, 2.05) is 36.4 Å². The Morgan fingerprint density at radius 2 is 0.608 bits per heavy atom. The monoisotopic (exact) mass is 693 g/mol. The van der Waals surface area contributed by atoms with Gasteiger partial charge in [0.1, 0.15) is 0 Å². The Balaban J connectivity index is 2.18. The minimum Gasteiger partial charge on any atom is -0.258 e. The van der Waals surface area contributed by atoms with Crippen LogP contribution in [0.3, 0.4) is 0 Å². The van der Waals surface area contributed by atoms with Gasteiger partial charge in [-0.3, -0.25) is 30.3 Å². The highest BCUT2D eigenvalue weighted by atomic mass is 16.6. The molecule has 0 aliphatic heterocycles. The van der Waals surface area contributed by atoms with Crippen LogP contribution in [-0.4, -0.2) is 14.8 Å². The first kappa shape index (κ1) is 38.9. The zero-order valence-electron chi connectivity index (χ0n) is 30.3. The maximum atomic E-state index is 11.7. The molecule has 4 aromatic rings. The van der Waals surface area contributed by atoms with Gasteiger partial charge >= 0.3 is 0 Å². The number of hydrogen-bond acceptors (Lipinski definition) is 6. The third-order valence-corrected chi connectivity index (χ3v) is 9.75. The summed E-state index contributed by atoms with van der Waals surface area (Å²) in [7, 11) is 0. The number of nitrogens with zero attached hydrogens (tertiary/aromatic N) is 3. The summed E-state index contributed by atoms with van der Waals surface area (Å²) in [5.41, 5.74) is 9.37. The van der Waals surface area contributed by atoms with Crippen LogP contribution in [0.2, 0.25) is 0 Å². The van der Waals surface area contributed by atoms with Crippen molar-refractivity contribution < 1.29 is 14.8 Å². The molecule has 0 N–H and O–H groups in total. The van der Waals surface area contributed by atoms with Crippen LogP contribution in [-0.2, 0) is 19.3 Å². The van der Waals surface area contributed by atoms with Crippen LogP contribution in [0.1, 0.15) is 115 Å². The normalized spacial score (nSPS) is 11.1. The predicted octanol–water partition coefficient (Wildman–Crippen LogP) is 12.8. The van der Waals surface area contributed by atoms with E-state index in [-0.39, 0.29) is 31.8 Å².